The maximum Gasteiger partial charge on any atom is 0.322 e. The number of hydrogen-bond acceptors (Lipinski definition) is 3. The Balaban J connectivity index is 1.66. The van der Waals surface area contributed by atoms with Gasteiger partial charge in [0.2, 0.25) is 0 Å². The van der Waals surface area contributed by atoms with E-state index >= 15 is 0 Å². The van der Waals surface area contributed by atoms with Gasteiger partial charge in [0.05, 0.1) is 5.56 Å². The van der Waals surface area contributed by atoms with E-state index in [2.05, 4.69) is 12.1 Å². The first kappa shape index (κ1) is 13.6. The summed E-state index contributed by atoms with van der Waals surface area (Å²) in [6.07, 6.45) is 2.18. The first-order chi connectivity index (χ1) is 10.3. The summed E-state index contributed by atoms with van der Waals surface area (Å²) >= 11 is 0. The number of ether oxygens (including phenoxy) is 1. The summed E-state index contributed by atoms with van der Waals surface area (Å²) < 4.78 is 5.26. The summed E-state index contributed by atoms with van der Waals surface area (Å²) in [7, 11) is 0. The Labute approximate surface area is 123 Å². The van der Waals surface area contributed by atoms with Gasteiger partial charge >= 0.3 is 5.97 Å². The molecule has 3 heteroatoms. The fraction of sp³-hybridized carbons (Fsp3) is 0.222. The van der Waals surface area contributed by atoms with Crippen molar-refractivity contribution in [3.63, 3.8) is 0 Å². The number of carbonyl (C=O) groups is 2. The van der Waals surface area contributed by atoms with E-state index < -0.39 is 11.9 Å². The van der Waals surface area contributed by atoms with Crippen LogP contribution in [0, 0.1) is 5.92 Å². The molecule has 1 heterocycles. The number of esters is 1. The molecule has 0 aliphatic carbocycles. The topological polar surface area (TPSA) is 43.4 Å². The molecule has 1 atom stereocenters. The molecule has 2 aromatic carbocycles. The first-order valence-electron chi connectivity index (χ1n) is 7.14. The van der Waals surface area contributed by atoms with Gasteiger partial charge in [-0.3, -0.25) is 9.59 Å². The predicted octanol–water partition coefficient (Wildman–Crippen LogP) is 3.43. The van der Waals surface area contributed by atoms with E-state index in [0.29, 0.717) is 17.7 Å². The molecule has 0 radical (unpaired) electrons. The number of aryl methyl sites for hydroxylation is 1. The van der Waals surface area contributed by atoms with Crippen molar-refractivity contribution in [3.05, 3.63) is 65.7 Å². The molecular weight excluding hydrogens is 264 g/mol. The molecule has 3 rings (SSSR count). The number of fused-ring (bicyclic) bond motifs is 1. The van der Waals surface area contributed by atoms with Crippen molar-refractivity contribution >= 4 is 11.8 Å². The lowest BCUT2D eigenvalue weighted by molar-refractivity contribution is -0.138. The Kier molecular flexibility index (Phi) is 3.82. The zero-order valence-corrected chi connectivity index (χ0v) is 11.6. The van der Waals surface area contributed by atoms with Gasteiger partial charge < -0.3 is 4.74 Å². The normalized spacial score (nSPS) is 17.2. The third-order valence-electron chi connectivity index (χ3n) is 3.77. The molecule has 0 N–H and O–H groups in total. The summed E-state index contributed by atoms with van der Waals surface area (Å²) in [5.41, 5.74) is 1.73. The number of Topliss-reactive ketones (excluding diaryl/α,β-unsaturated/α-hetero) is 1. The molecule has 3 nitrogen and oxygen atoms in total. The highest BCUT2D eigenvalue weighted by Crippen LogP contribution is 2.30. The Morgan fingerprint density at radius 3 is 2.43 bits per heavy atom. The molecule has 1 aliphatic rings. The van der Waals surface area contributed by atoms with Crippen LogP contribution in [-0.4, -0.2) is 11.8 Å². The smallest absolute Gasteiger partial charge is 0.322 e. The van der Waals surface area contributed by atoms with Crippen LogP contribution < -0.4 is 4.74 Å². The molecule has 21 heavy (non-hydrogen) atoms. The second-order valence-electron chi connectivity index (χ2n) is 5.21. The molecule has 1 unspecified atom stereocenters. The number of para-hydroxylation sites is 1. The van der Waals surface area contributed by atoms with Gasteiger partial charge in [0, 0.05) is 0 Å². The number of benzene rings is 2. The van der Waals surface area contributed by atoms with Crippen LogP contribution in [0.25, 0.3) is 0 Å². The van der Waals surface area contributed by atoms with Gasteiger partial charge in [0.25, 0.3) is 0 Å². The first-order valence-corrected chi connectivity index (χ1v) is 7.14. The molecule has 0 saturated heterocycles. The predicted molar refractivity (Wildman–Crippen MR) is 79.3 cm³/mol. The second kappa shape index (κ2) is 5.92. The van der Waals surface area contributed by atoms with Crippen molar-refractivity contribution in [3.8, 4) is 5.75 Å². The fourth-order valence-corrected chi connectivity index (χ4v) is 2.64. The largest absolute Gasteiger partial charge is 0.425 e. The molecule has 0 aromatic heterocycles. The van der Waals surface area contributed by atoms with Crippen molar-refractivity contribution in [2.24, 2.45) is 5.92 Å². The van der Waals surface area contributed by atoms with Crippen LogP contribution in [0.2, 0.25) is 0 Å². The van der Waals surface area contributed by atoms with Crippen LogP contribution in [0.15, 0.2) is 54.6 Å². The van der Waals surface area contributed by atoms with Gasteiger partial charge in [-0.15, -0.1) is 0 Å². The monoisotopic (exact) mass is 280 g/mol. The van der Waals surface area contributed by atoms with E-state index in [-0.39, 0.29) is 5.78 Å². The highest BCUT2D eigenvalue weighted by atomic mass is 16.5. The zero-order chi connectivity index (χ0) is 14.7. The molecular formula is C18H16O3. The molecule has 1 aliphatic heterocycles. The third kappa shape index (κ3) is 2.87. The van der Waals surface area contributed by atoms with Gasteiger partial charge in [-0.2, -0.15) is 0 Å². The van der Waals surface area contributed by atoms with Crippen molar-refractivity contribution in [2.75, 3.05) is 0 Å². The third-order valence-corrected chi connectivity index (χ3v) is 3.77. The van der Waals surface area contributed by atoms with Gasteiger partial charge in [-0.25, -0.2) is 0 Å². The maximum absolute atomic E-state index is 12.4. The number of carbonyl (C=O) groups excluding carboxylic acids is 2. The highest BCUT2D eigenvalue weighted by molar-refractivity contribution is 6.13. The van der Waals surface area contributed by atoms with Crippen molar-refractivity contribution in [1.82, 2.24) is 0 Å². The van der Waals surface area contributed by atoms with E-state index in [4.69, 9.17) is 4.74 Å². The van der Waals surface area contributed by atoms with Gasteiger partial charge in [-0.05, 0) is 37.0 Å². The van der Waals surface area contributed by atoms with Crippen LogP contribution in [0.1, 0.15) is 28.8 Å². The van der Waals surface area contributed by atoms with E-state index in [1.54, 1.807) is 24.3 Å². The summed E-state index contributed by atoms with van der Waals surface area (Å²) in [4.78, 5) is 24.3. The Morgan fingerprint density at radius 2 is 1.62 bits per heavy atom. The standard InChI is InChI=1S/C18H16O3/c19-17-14-10-4-5-12-16(14)21-18(20)15(17)11-6-9-13-7-2-1-3-8-13/h1-5,7-8,10,12,15H,6,9,11H2. The zero-order valence-electron chi connectivity index (χ0n) is 11.6. The molecule has 0 spiro atoms. The lowest BCUT2D eigenvalue weighted by Crippen LogP contribution is -2.33. The average Bonchev–Trinajstić information content (AvgIpc) is 2.51. The minimum atomic E-state index is -0.663. The summed E-state index contributed by atoms with van der Waals surface area (Å²) in [6, 6.07) is 17.0. The van der Waals surface area contributed by atoms with Crippen LogP contribution in [0.3, 0.4) is 0 Å². The Bertz CT molecular complexity index is 661. The molecule has 0 amide bonds. The van der Waals surface area contributed by atoms with Crippen molar-refractivity contribution < 1.29 is 14.3 Å². The summed E-state index contributed by atoms with van der Waals surface area (Å²) in [6.45, 7) is 0. The summed E-state index contributed by atoms with van der Waals surface area (Å²) in [5, 5.41) is 0. The highest BCUT2D eigenvalue weighted by Gasteiger charge is 2.35. The number of rotatable bonds is 4. The minimum absolute atomic E-state index is 0.116. The van der Waals surface area contributed by atoms with Gasteiger partial charge in [-0.1, -0.05) is 42.5 Å². The fourth-order valence-electron chi connectivity index (χ4n) is 2.64. The second-order valence-corrected chi connectivity index (χ2v) is 5.21. The Morgan fingerprint density at radius 1 is 0.905 bits per heavy atom. The average molecular weight is 280 g/mol. The van der Waals surface area contributed by atoms with Crippen LogP contribution in [-0.2, 0) is 11.2 Å². The van der Waals surface area contributed by atoms with Gasteiger partial charge in [0.15, 0.2) is 5.78 Å². The minimum Gasteiger partial charge on any atom is -0.425 e. The molecule has 0 bridgehead atoms. The van der Waals surface area contributed by atoms with Crippen LogP contribution in [0.4, 0.5) is 0 Å². The lowest BCUT2D eigenvalue weighted by atomic mass is 9.89. The molecule has 0 fully saturated rings. The SMILES string of the molecule is O=C1Oc2ccccc2C(=O)C1CCCc1ccccc1. The number of ketones is 1. The quantitative estimate of drug-likeness (QED) is 0.489. The van der Waals surface area contributed by atoms with E-state index in [0.717, 1.165) is 12.8 Å². The molecule has 106 valence electrons. The van der Waals surface area contributed by atoms with E-state index in [9.17, 15) is 9.59 Å². The number of hydrogen-bond donors (Lipinski definition) is 0. The maximum atomic E-state index is 12.4. The van der Waals surface area contributed by atoms with Gasteiger partial charge in [0.1, 0.15) is 11.7 Å². The van der Waals surface area contributed by atoms with Crippen molar-refractivity contribution in [1.29, 1.82) is 0 Å². The van der Waals surface area contributed by atoms with E-state index in [1.165, 1.54) is 5.56 Å². The lowest BCUT2D eigenvalue weighted by Gasteiger charge is -2.21. The van der Waals surface area contributed by atoms with Crippen LogP contribution >= 0.6 is 0 Å². The van der Waals surface area contributed by atoms with Crippen molar-refractivity contribution in [2.45, 2.75) is 19.3 Å². The van der Waals surface area contributed by atoms with E-state index in [1.807, 2.05) is 18.2 Å². The molecule has 2 aromatic rings. The summed E-state index contributed by atoms with van der Waals surface area (Å²) in [5.74, 6) is -0.822. The Hall–Kier alpha value is -2.42. The van der Waals surface area contributed by atoms with Crippen LogP contribution in [0.5, 0.6) is 5.75 Å². The molecule has 0 saturated carbocycles.